The third kappa shape index (κ3) is 8.82. The molecule has 0 rings (SSSR count). The number of thioether (sulfide) groups is 1. The largest absolute Gasteiger partial charge is 0.480 e. The number of nitrogens with one attached hydrogen (secondary N) is 1. The van der Waals surface area contributed by atoms with Crippen LogP contribution in [0.1, 0.15) is 20.3 Å². The van der Waals surface area contributed by atoms with Crippen LogP contribution in [0.2, 0.25) is 0 Å². The van der Waals surface area contributed by atoms with Gasteiger partial charge in [-0.3, -0.25) is 14.4 Å². The average molecular weight is 280 g/mol. The van der Waals surface area contributed by atoms with E-state index in [1.807, 2.05) is 13.8 Å². The van der Waals surface area contributed by atoms with Crippen molar-refractivity contribution in [3.05, 3.63) is 0 Å². The summed E-state index contributed by atoms with van der Waals surface area (Å²) >= 11 is 0.844. The normalized spacial score (nSPS) is 12.7. The van der Waals surface area contributed by atoms with Crippen LogP contribution in [0.4, 0.5) is 0 Å². The van der Waals surface area contributed by atoms with Crippen LogP contribution in [0.25, 0.3) is 0 Å². The number of rotatable bonds is 7. The monoisotopic (exact) mass is 280 g/mol. The van der Waals surface area contributed by atoms with E-state index in [0.717, 1.165) is 11.8 Å². The molecule has 7 nitrogen and oxygen atoms in total. The number of amides is 1. The maximum atomic E-state index is 11.0. The molecule has 1 amide bonds. The van der Waals surface area contributed by atoms with E-state index in [9.17, 15) is 14.4 Å². The molecule has 2 unspecified atom stereocenters. The molecule has 18 heavy (non-hydrogen) atoms. The molecule has 0 saturated carbocycles. The number of carbonyl (C=O) groups excluding carboxylic acids is 1. The third-order valence-corrected chi connectivity index (χ3v) is 3.04. The maximum Gasteiger partial charge on any atom is 0.321 e. The molecule has 106 valence electrons. The van der Waals surface area contributed by atoms with Crippen LogP contribution < -0.4 is 11.1 Å². The molecule has 0 spiro atoms. The topological polar surface area (TPSA) is 130 Å². The summed E-state index contributed by atoms with van der Waals surface area (Å²) in [6, 6.07) is -1.13. The molecule has 0 fully saturated rings. The Morgan fingerprint density at radius 3 is 2.06 bits per heavy atom. The van der Waals surface area contributed by atoms with Crippen molar-refractivity contribution in [1.82, 2.24) is 5.32 Å². The fourth-order valence-electron chi connectivity index (χ4n) is 0.779. The van der Waals surface area contributed by atoms with Crippen molar-refractivity contribution in [2.45, 2.75) is 31.6 Å². The Morgan fingerprint density at radius 2 is 1.72 bits per heavy atom. The second-order valence-corrected chi connectivity index (χ2v) is 4.22. The lowest BCUT2D eigenvalue weighted by molar-refractivity contribution is -0.139. The molecule has 0 aromatic carbocycles. The Labute approximate surface area is 110 Å². The molecule has 0 aliphatic rings. The van der Waals surface area contributed by atoms with Crippen LogP contribution in [-0.4, -0.2) is 52.2 Å². The molecule has 2 atom stereocenters. The quantitative estimate of drug-likeness (QED) is 0.505. The van der Waals surface area contributed by atoms with Gasteiger partial charge in [0.25, 0.3) is 0 Å². The van der Waals surface area contributed by atoms with Crippen LogP contribution >= 0.6 is 11.8 Å². The highest BCUT2D eigenvalue weighted by molar-refractivity contribution is 8.00. The summed E-state index contributed by atoms with van der Waals surface area (Å²) in [5.41, 5.74) is 5.21. The number of hydrogen-bond donors (Lipinski definition) is 4. The molecule has 0 aliphatic carbocycles. The summed E-state index contributed by atoms with van der Waals surface area (Å²) in [5.74, 6) is -2.82. The lowest BCUT2D eigenvalue weighted by Crippen LogP contribution is -2.35. The van der Waals surface area contributed by atoms with Crippen LogP contribution in [-0.2, 0) is 14.4 Å². The average Bonchev–Trinajstić information content (AvgIpc) is 2.35. The van der Waals surface area contributed by atoms with Crippen molar-refractivity contribution < 1.29 is 24.6 Å². The Kier molecular flexibility index (Phi) is 11.5. The molecule has 0 saturated heterocycles. The third-order valence-electron chi connectivity index (χ3n) is 1.72. The van der Waals surface area contributed by atoms with Crippen molar-refractivity contribution in [2.75, 3.05) is 12.8 Å². The number of carbonyl (C=O) groups is 3. The predicted octanol–water partition coefficient (Wildman–Crippen LogP) is -0.253. The van der Waals surface area contributed by atoms with Crippen molar-refractivity contribution in [3.63, 3.8) is 0 Å². The van der Waals surface area contributed by atoms with Crippen LogP contribution in [0.15, 0.2) is 0 Å². The maximum absolute atomic E-state index is 11.0. The van der Waals surface area contributed by atoms with E-state index in [1.165, 1.54) is 7.05 Å². The van der Waals surface area contributed by atoms with Gasteiger partial charge in [0.1, 0.15) is 11.3 Å². The minimum absolute atomic E-state index is 0.0523. The zero-order chi connectivity index (χ0) is 14.7. The van der Waals surface area contributed by atoms with E-state index in [4.69, 9.17) is 15.9 Å². The lowest BCUT2D eigenvalue weighted by atomic mass is 10.3. The molecule has 0 aromatic heterocycles. The first kappa shape index (κ1) is 19.1. The summed E-state index contributed by atoms with van der Waals surface area (Å²) in [6.45, 7) is 4.00. The molecular weight excluding hydrogens is 260 g/mol. The smallest absolute Gasteiger partial charge is 0.321 e. The lowest BCUT2D eigenvalue weighted by Gasteiger charge is -2.12. The van der Waals surface area contributed by atoms with Gasteiger partial charge in [0.05, 0.1) is 0 Å². The highest BCUT2D eigenvalue weighted by Crippen LogP contribution is 2.15. The van der Waals surface area contributed by atoms with Crippen LogP contribution in [0, 0.1) is 0 Å². The predicted molar refractivity (Wildman–Crippen MR) is 69.5 cm³/mol. The zero-order valence-electron chi connectivity index (χ0n) is 10.7. The van der Waals surface area contributed by atoms with Gasteiger partial charge >= 0.3 is 11.9 Å². The molecular formula is C10H20N2O5S. The number of nitrogens with two attached hydrogens (primary N) is 1. The Balaban J connectivity index is 0. The first-order valence-electron chi connectivity index (χ1n) is 5.41. The molecule has 0 radical (unpaired) electrons. The number of aliphatic carboxylic acids is 2. The van der Waals surface area contributed by atoms with Gasteiger partial charge in [-0.1, -0.05) is 13.8 Å². The standard InChI is InChI=1S/C8H14N2O5S.C2H6/c1-10-6(11)2-5(8(14)15)16-3-4(9)7(12)13;1-2/h4-5H,2-3,9H2,1H3,(H,10,11)(H,12,13)(H,14,15);1-2H3. The molecule has 5 N–H and O–H groups in total. The summed E-state index contributed by atoms with van der Waals surface area (Å²) in [7, 11) is 1.40. The van der Waals surface area contributed by atoms with Gasteiger partial charge in [-0.2, -0.15) is 0 Å². The first-order chi connectivity index (χ1) is 8.38. The summed E-state index contributed by atoms with van der Waals surface area (Å²) in [6.07, 6.45) is -0.206. The van der Waals surface area contributed by atoms with E-state index < -0.39 is 29.1 Å². The molecule has 8 heteroatoms. The fourth-order valence-corrected chi connectivity index (χ4v) is 1.77. The van der Waals surface area contributed by atoms with E-state index in [1.54, 1.807) is 0 Å². The SMILES string of the molecule is CC.CNC(=O)CC(SCC(N)C(=O)O)C(=O)O. The molecule has 0 aliphatic heterocycles. The minimum atomic E-state index is -1.20. The molecule has 0 aromatic rings. The highest BCUT2D eigenvalue weighted by atomic mass is 32.2. The summed E-state index contributed by atoms with van der Waals surface area (Å²) in [4.78, 5) is 32.1. The second-order valence-electron chi connectivity index (χ2n) is 2.98. The second kappa shape index (κ2) is 10.8. The van der Waals surface area contributed by atoms with E-state index in [-0.39, 0.29) is 12.2 Å². The number of carboxylic acid groups (broad SMARTS) is 2. The Hall–Kier alpha value is -1.28. The van der Waals surface area contributed by atoms with Crippen LogP contribution in [0.3, 0.4) is 0 Å². The van der Waals surface area contributed by atoms with Gasteiger partial charge in [0, 0.05) is 19.2 Å². The van der Waals surface area contributed by atoms with E-state index in [0.29, 0.717) is 0 Å². The number of hydrogen-bond acceptors (Lipinski definition) is 5. The van der Waals surface area contributed by atoms with E-state index >= 15 is 0 Å². The van der Waals surface area contributed by atoms with Gasteiger partial charge in [-0.25, -0.2) is 0 Å². The van der Waals surface area contributed by atoms with E-state index in [2.05, 4.69) is 5.32 Å². The van der Waals surface area contributed by atoms with Gasteiger partial charge < -0.3 is 21.3 Å². The van der Waals surface area contributed by atoms with Gasteiger partial charge in [0.15, 0.2) is 0 Å². The van der Waals surface area contributed by atoms with Crippen LogP contribution in [0.5, 0.6) is 0 Å². The van der Waals surface area contributed by atoms with Crippen molar-refractivity contribution in [3.8, 4) is 0 Å². The Bertz CT molecular complexity index is 285. The summed E-state index contributed by atoms with van der Waals surface area (Å²) < 4.78 is 0. The van der Waals surface area contributed by atoms with Crippen molar-refractivity contribution in [1.29, 1.82) is 0 Å². The highest BCUT2D eigenvalue weighted by Gasteiger charge is 2.23. The fraction of sp³-hybridized carbons (Fsp3) is 0.700. The summed E-state index contributed by atoms with van der Waals surface area (Å²) in [5, 5.41) is 18.6. The first-order valence-corrected chi connectivity index (χ1v) is 6.46. The van der Waals surface area contributed by atoms with Crippen molar-refractivity contribution >= 4 is 29.6 Å². The van der Waals surface area contributed by atoms with Gasteiger partial charge in [-0.05, 0) is 0 Å². The zero-order valence-corrected chi connectivity index (χ0v) is 11.5. The number of carboxylic acids is 2. The van der Waals surface area contributed by atoms with Crippen molar-refractivity contribution in [2.24, 2.45) is 5.73 Å². The molecule has 0 bridgehead atoms. The minimum Gasteiger partial charge on any atom is -0.480 e. The van der Waals surface area contributed by atoms with Gasteiger partial charge in [-0.15, -0.1) is 11.8 Å². The van der Waals surface area contributed by atoms with Gasteiger partial charge in [0.2, 0.25) is 5.91 Å². The Morgan fingerprint density at radius 1 is 1.22 bits per heavy atom. The molecule has 0 heterocycles.